The largest absolute Gasteiger partial charge is 0.298 e. The topological polar surface area (TPSA) is 20.3 Å². The normalized spacial score (nSPS) is 21.8. The Morgan fingerprint density at radius 1 is 1.05 bits per heavy atom. The van der Waals surface area contributed by atoms with Crippen molar-refractivity contribution in [1.29, 1.82) is 0 Å². The van der Waals surface area contributed by atoms with Crippen LogP contribution in [-0.2, 0) is 4.79 Å². The van der Waals surface area contributed by atoms with Gasteiger partial charge >= 0.3 is 0 Å². The number of rotatable bonds is 2. The summed E-state index contributed by atoms with van der Waals surface area (Å²) in [6, 6.07) is 11.0. The van der Waals surface area contributed by atoms with Crippen molar-refractivity contribution in [2.45, 2.75) is 59.5 Å². The molecule has 0 saturated carbocycles. The third-order valence-corrected chi connectivity index (χ3v) is 3.35. The number of hydrogen-bond donors (Lipinski definition) is 0. The second kappa shape index (κ2) is 9.74. The summed E-state index contributed by atoms with van der Waals surface area (Å²) in [6.07, 6.45) is 2.08. The Morgan fingerprint density at radius 3 is 2.00 bits per heavy atom. The van der Waals surface area contributed by atoms with Crippen molar-refractivity contribution < 1.29 is 4.79 Å². The number of carbonyl (C=O) groups excluding carboxylic acids is 1. The second-order valence-corrected chi connectivity index (χ2v) is 4.30. The smallest absolute Gasteiger partial charge is 0.146 e. The fourth-order valence-electron chi connectivity index (χ4n) is 2.51. The van der Waals surface area contributed by atoms with Crippen molar-refractivity contribution in [3.63, 3.8) is 0 Å². The highest BCUT2D eigenvalue weighted by Crippen LogP contribution is 2.34. The minimum absolute atomic E-state index is 0.121. The van der Waals surface area contributed by atoms with E-state index in [0.29, 0.717) is 6.04 Å². The van der Waals surface area contributed by atoms with Gasteiger partial charge in [0, 0.05) is 6.04 Å². The van der Waals surface area contributed by atoms with Crippen LogP contribution >= 0.6 is 0 Å². The zero-order chi connectivity index (χ0) is 14.8. The molecule has 0 bridgehead atoms. The minimum atomic E-state index is 0.121. The van der Waals surface area contributed by atoms with E-state index in [9.17, 15) is 4.79 Å². The molecular weight excluding hydrogens is 234 g/mol. The Kier molecular flexibility index (Phi) is 9.15. The predicted molar refractivity (Wildman–Crippen MR) is 83.3 cm³/mol. The van der Waals surface area contributed by atoms with Crippen molar-refractivity contribution in [3.05, 3.63) is 35.9 Å². The number of Topliss-reactive ketones (excluding diaryl/α,β-unsaturated/α-hetero) is 1. The summed E-state index contributed by atoms with van der Waals surface area (Å²) in [5.74, 6) is 0.288. The SMILES string of the molecule is CC.CC.CC(=O)C1CCC(c2ccccc2)N1C. The first-order valence-corrected chi connectivity index (χ1v) is 7.47. The van der Waals surface area contributed by atoms with Crippen LogP contribution in [0.2, 0.25) is 0 Å². The summed E-state index contributed by atoms with van der Waals surface area (Å²) in [5, 5.41) is 0. The predicted octanol–water partition coefficient (Wildman–Crippen LogP) is 4.46. The number of carbonyl (C=O) groups is 1. The summed E-state index contributed by atoms with van der Waals surface area (Å²) in [7, 11) is 2.05. The summed E-state index contributed by atoms with van der Waals surface area (Å²) < 4.78 is 0. The van der Waals surface area contributed by atoms with Gasteiger partial charge in [-0.25, -0.2) is 0 Å². The molecule has 2 heteroatoms. The lowest BCUT2D eigenvalue weighted by Crippen LogP contribution is -2.32. The lowest BCUT2D eigenvalue weighted by atomic mass is 10.1. The Balaban J connectivity index is 0.000000741. The van der Waals surface area contributed by atoms with Gasteiger partial charge in [0.2, 0.25) is 0 Å². The van der Waals surface area contributed by atoms with Crippen LogP contribution in [-0.4, -0.2) is 23.8 Å². The van der Waals surface area contributed by atoms with Gasteiger partial charge in [-0.1, -0.05) is 58.0 Å². The molecule has 1 aromatic carbocycles. The van der Waals surface area contributed by atoms with E-state index in [0.717, 1.165) is 12.8 Å². The van der Waals surface area contributed by atoms with Crippen LogP contribution in [0.3, 0.4) is 0 Å². The van der Waals surface area contributed by atoms with Crippen LogP contribution in [0.5, 0.6) is 0 Å². The van der Waals surface area contributed by atoms with Gasteiger partial charge in [0.25, 0.3) is 0 Å². The van der Waals surface area contributed by atoms with Gasteiger partial charge in [0.05, 0.1) is 6.04 Å². The third-order valence-electron chi connectivity index (χ3n) is 3.35. The zero-order valence-electron chi connectivity index (χ0n) is 13.3. The number of nitrogens with zero attached hydrogens (tertiary/aromatic N) is 1. The molecule has 1 saturated heterocycles. The number of hydrogen-bond acceptors (Lipinski definition) is 2. The van der Waals surface area contributed by atoms with Gasteiger partial charge in [0.15, 0.2) is 0 Å². The van der Waals surface area contributed by atoms with Gasteiger partial charge in [-0.2, -0.15) is 0 Å². The molecule has 1 aliphatic heterocycles. The van der Waals surface area contributed by atoms with E-state index in [1.54, 1.807) is 6.92 Å². The van der Waals surface area contributed by atoms with Gasteiger partial charge < -0.3 is 0 Å². The molecule has 1 heterocycles. The molecule has 2 atom stereocenters. The van der Waals surface area contributed by atoms with Crippen LogP contribution in [0.15, 0.2) is 30.3 Å². The maximum Gasteiger partial charge on any atom is 0.146 e. The van der Waals surface area contributed by atoms with Crippen LogP contribution in [0.25, 0.3) is 0 Å². The van der Waals surface area contributed by atoms with Crippen molar-refractivity contribution in [2.75, 3.05) is 7.05 Å². The van der Waals surface area contributed by atoms with E-state index < -0.39 is 0 Å². The highest BCUT2D eigenvalue weighted by Gasteiger charge is 2.33. The van der Waals surface area contributed by atoms with Crippen LogP contribution in [0, 0.1) is 0 Å². The molecular formula is C17H29NO. The number of likely N-dealkylation sites (tertiary alicyclic amines) is 1. The highest BCUT2D eigenvalue weighted by atomic mass is 16.1. The lowest BCUT2D eigenvalue weighted by Gasteiger charge is -2.24. The first-order valence-electron chi connectivity index (χ1n) is 7.47. The van der Waals surface area contributed by atoms with Crippen molar-refractivity contribution in [1.82, 2.24) is 4.90 Å². The molecule has 0 aliphatic carbocycles. The van der Waals surface area contributed by atoms with Crippen LogP contribution in [0.4, 0.5) is 0 Å². The molecule has 0 radical (unpaired) electrons. The monoisotopic (exact) mass is 263 g/mol. The highest BCUT2D eigenvalue weighted by molar-refractivity contribution is 5.81. The quantitative estimate of drug-likeness (QED) is 0.785. The van der Waals surface area contributed by atoms with E-state index in [1.807, 2.05) is 33.8 Å². The average molecular weight is 263 g/mol. The lowest BCUT2D eigenvalue weighted by molar-refractivity contribution is -0.121. The molecule has 19 heavy (non-hydrogen) atoms. The standard InChI is InChI=1S/C13H17NO.2C2H6/c1-10(15)12-8-9-13(14(12)2)11-6-4-3-5-7-11;2*1-2/h3-7,12-13H,8-9H2,1-2H3;2*1-2H3. The maximum atomic E-state index is 11.4. The van der Waals surface area contributed by atoms with Gasteiger partial charge in [-0.05, 0) is 32.4 Å². The molecule has 2 rings (SSSR count). The third kappa shape index (κ3) is 4.79. The maximum absolute atomic E-state index is 11.4. The fourth-order valence-corrected chi connectivity index (χ4v) is 2.51. The Bertz CT molecular complexity index is 348. The summed E-state index contributed by atoms with van der Waals surface area (Å²) in [5.41, 5.74) is 1.32. The Morgan fingerprint density at radius 2 is 1.58 bits per heavy atom. The molecule has 1 aliphatic rings. The summed E-state index contributed by atoms with van der Waals surface area (Å²) in [4.78, 5) is 13.6. The van der Waals surface area contributed by atoms with Gasteiger partial charge in [-0.3, -0.25) is 9.69 Å². The first-order chi connectivity index (χ1) is 9.20. The molecule has 108 valence electrons. The number of benzene rings is 1. The zero-order valence-corrected chi connectivity index (χ0v) is 13.3. The van der Waals surface area contributed by atoms with E-state index >= 15 is 0 Å². The van der Waals surface area contributed by atoms with Crippen LogP contribution in [0.1, 0.15) is 59.1 Å². The minimum Gasteiger partial charge on any atom is -0.298 e. The fraction of sp³-hybridized carbons (Fsp3) is 0.588. The van der Waals surface area contributed by atoms with E-state index in [-0.39, 0.29) is 11.8 Å². The Hall–Kier alpha value is -1.15. The van der Waals surface area contributed by atoms with Crippen LogP contribution < -0.4 is 0 Å². The first kappa shape index (κ1) is 17.8. The molecule has 2 unspecified atom stereocenters. The molecule has 0 amide bonds. The van der Waals surface area contributed by atoms with Crippen molar-refractivity contribution in [3.8, 4) is 0 Å². The van der Waals surface area contributed by atoms with E-state index in [4.69, 9.17) is 0 Å². The Labute approximate surface area is 118 Å². The van der Waals surface area contributed by atoms with Gasteiger partial charge in [0.1, 0.15) is 5.78 Å². The number of likely N-dealkylation sites (N-methyl/N-ethyl adjacent to an activating group) is 1. The van der Waals surface area contributed by atoms with Gasteiger partial charge in [-0.15, -0.1) is 0 Å². The summed E-state index contributed by atoms with van der Waals surface area (Å²) >= 11 is 0. The second-order valence-electron chi connectivity index (χ2n) is 4.30. The van der Waals surface area contributed by atoms with E-state index in [1.165, 1.54) is 5.56 Å². The molecule has 0 aromatic heterocycles. The van der Waals surface area contributed by atoms with Crippen molar-refractivity contribution >= 4 is 5.78 Å². The summed E-state index contributed by atoms with van der Waals surface area (Å²) in [6.45, 7) is 9.69. The van der Waals surface area contributed by atoms with Crippen molar-refractivity contribution in [2.24, 2.45) is 0 Å². The molecule has 2 nitrogen and oxygen atoms in total. The molecule has 1 aromatic rings. The molecule has 1 fully saturated rings. The average Bonchev–Trinajstić information content (AvgIpc) is 2.86. The molecule has 0 N–H and O–H groups in total. The van der Waals surface area contributed by atoms with E-state index in [2.05, 4.69) is 36.2 Å². The molecule has 0 spiro atoms. The number of ketones is 1.